The molecular weight excluding hydrogens is 438 g/mol. The lowest BCUT2D eigenvalue weighted by molar-refractivity contribution is 0.549. The summed E-state index contributed by atoms with van der Waals surface area (Å²) in [5.74, 6) is 5.71. The minimum atomic E-state index is 0.0318. The molecule has 19 heavy (non-hydrogen) atoms. The minimum absolute atomic E-state index is 0.0318. The van der Waals surface area contributed by atoms with Gasteiger partial charge in [-0.05, 0) is 64.4 Å². The van der Waals surface area contributed by atoms with Crippen molar-refractivity contribution in [2.75, 3.05) is 0 Å². The fourth-order valence-electron chi connectivity index (χ4n) is 1.92. The third-order valence-electron chi connectivity index (χ3n) is 2.92. The van der Waals surface area contributed by atoms with Gasteiger partial charge in [0.1, 0.15) is 0 Å². The van der Waals surface area contributed by atoms with Crippen LogP contribution >= 0.6 is 50.1 Å². The zero-order valence-corrected chi connectivity index (χ0v) is 14.5. The van der Waals surface area contributed by atoms with Crippen molar-refractivity contribution in [2.45, 2.75) is 12.5 Å². The summed E-state index contributed by atoms with van der Waals surface area (Å²) in [5.41, 5.74) is 5.13. The topological polar surface area (TPSA) is 38.0 Å². The van der Waals surface area contributed by atoms with Crippen LogP contribution in [0.5, 0.6) is 0 Å². The molecule has 2 rings (SSSR count). The van der Waals surface area contributed by atoms with Gasteiger partial charge in [0.25, 0.3) is 0 Å². The summed E-state index contributed by atoms with van der Waals surface area (Å²) in [4.78, 5) is 0. The number of nitrogens with two attached hydrogens (primary N) is 1. The molecule has 2 aromatic carbocycles. The Hall–Kier alpha value is -0.140. The standard InChI is InChI=1S/C14H13BrClIN2/c15-10-5-6-13(17)11(8-10)14(19-18)7-9-3-1-2-4-12(9)16/h1-6,8,14,19H,7,18H2. The Morgan fingerprint density at radius 2 is 2.00 bits per heavy atom. The number of rotatable bonds is 4. The van der Waals surface area contributed by atoms with E-state index < -0.39 is 0 Å². The lowest BCUT2D eigenvalue weighted by atomic mass is 9.99. The Balaban J connectivity index is 2.30. The maximum Gasteiger partial charge on any atom is 0.0511 e. The van der Waals surface area contributed by atoms with Gasteiger partial charge in [0.15, 0.2) is 0 Å². The fourth-order valence-corrected chi connectivity index (χ4v) is 3.23. The first-order valence-electron chi connectivity index (χ1n) is 5.76. The van der Waals surface area contributed by atoms with Gasteiger partial charge in [0.05, 0.1) is 6.04 Å². The van der Waals surface area contributed by atoms with Crippen molar-refractivity contribution < 1.29 is 0 Å². The quantitative estimate of drug-likeness (QED) is 0.409. The lowest BCUT2D eigenvalue weighted by Gasteiger charge is -2.19. The Bertz CT molecular complexity index is 577. The summed E-state index contributed by atoms with van der Waals surface area (Å²) in [6, 6.07) is 14.0. The summed E-state index contributed by atoms with van der Waals surface area (Å²) in [6.07, 6.45) is 0.753. The van der Waals surface area contributed by atoms with Gasteiger partial charge < -0.3 is 0 Å². The molecule has 100 valence electrons. The van der Waals surface area contributed by atoms with E-state index in [0.29, 0.717) is 0 Å². The number of benzene rings is 2. The number of hydrogen-bond donors (Lipinski definition) is 2. The molecule has 0 saturated carbocycles. The van der Waals surface area contributed by atoms with Crippen LogP contribution < -0.4 is 11.3 Å². The molecule has 0 saturated heterocycles. The van der Waals surface area contributed by atoms with E-state index in [1.165, 1.54) is 3.57 Å². The summed E-state index contributed by atoms with van der Waals surface area (Å²) in [7, 11) is 0. The van der Waals surface area contributed by atoms with E-state index in [9.17, 15) is 0 Å². The van der Waals surface area contributed by atoms with E-state index in [-0.39, 0.29) is 6.04 Å². The molecular formula is C14H13BrClIN2. The highest BCUT2D eigenvalue weighted by atomic mass is 127. The molecule has 5 heteroatoms. The molecule has 0 aliphatic carbocycles. The van der Waals surface area contributed by atoms with E-state index in [0.717, 1.165) is 27.0 Å². The average molecular weight is 452 g/mol. The van der Waals surface area contributed by atoms with Gasteiger partial charge in [-0.1, -0.05) is 45.7 Å². The van der Waals surface area contributed by atoms with Gasteiger partial charge in [0.2, 0.25) is 0 Å². The lowest BCUT2D eigenvalue weighted by Crippen LogP contribution is -2.30. The second-order valence-corrected chi connectivity index (χ2v) is 6.67. The van der Waals surface area contributed by atoms with Gasteiger partial charge >= 0.3 is 0 Å². The third-order valence-corrected chi connectivity index (χ3v) is 4.76. The minimum Gasteiger partial charge on any atom is -0.271 e. The van der Waals surface area contributed by atoms with Crippen LogP contribution in [0.4, 0.5) is 0 Å². The molecule has 1 atom stereocenters. The van der Waals surface area contributed by atoms with Gasteiger partial charge in [-0.3, -0.25) is 11.3 Å². The third kappa shape index (κ3) is 3.92. The molecule has 0 amide bonds. The van der Waals surface area contributed by atoms with Crippen LogP contribution in [0.2, 0.25) is 5.02 Å². The van der Waals surface area contributed by atoms with Crippen molar-refractivity contribution in [3.63, 3.8) is 0 Å². The number of nitrogens with one attached hydrogen (secondary N) is 1. The van der Waals surface area contributed by atoms with E-state index in [1.807, 2.05) is 30.3 Å². The van der Waals surface area contributed by atoms with E-state index >= 15 is 0 Å². The highest BCUT2D eigenvalue weighted by Gasteiger charge is 2.15. The monoisotopic (exact) mass is 450 g/mol. The maximum absolute atomic E-state index is 6.20. The fraction of sp³-hybridized carbons (Fsp3) is 0.143. The van der Waals surface area contributed by atoms with Crippen molar-refractivity contribution in [3.8, 4) is 0 Å². The number of hydrazine groups is 1. The van der Waals surface area contributed by atoms with Crippen molar-refractivity contribution in [1.29, 1.82) is 0 Å². The normalized spacial score (nSPS) is 12.4. The first kappa shape index (κ1) is 15.3. The van der Waals surface area contributed by atoms with Gasteiger partial charge in [-0.15, -0.1) is 0 Å². The molecule has 0 aromatic heterocycles. The number of halogens is 3. The zero-order chi connectivity index (χ0) is 13.8. The van der Waals surface area contributed by atoms with Crippen LogP contribution in [0.3, 0.4) is 0 Å². The SMILES string of the molecule is NNC(Cc1ccccc1Cl)c1cc(Br)ccc1I. The Morgan fingerprint density at radius 3 is 2.68 bits per heavy atom. The summed E-state index contributed by atoms with van der Waals surface area (Å²) >= 11 is 12.0. The highest BCUT2D eigenvalue weighted by molar-refractivity contribution is 14.1. The molecule has 0 aliphatic heterocycles. The predicted molar refractivity (Wildman–Crippen MR) is 92.1 cm³/mol. The zero-order valence-electron chi connectivity index (χ0n) is 10.0. The van der Waals surface area contributed by atoms with Crippen LogP contribution in [-0.2, 0) is 6.42 Å². The van der Waals surface area contributed by atoms with Crippen LogP contribution in [0.25, 0.3) is 0 Å². The molecule has 0 fully saturated rings. The van der Waals surface area contributed by atoms with Crippen molar-refractivity contribution in [2.24, 2.45) is 5.84 Å². The predicted octanol–water partition coefficient (Wildman–Crippen LogP) is 4.45. The molecule has 3 N–H and O–H groups in total. The number of hydrogen-bond acceptors (Lipinski definition) is 2. The second-order valence-electron chi connectivity index (χ2n) is 4.18. The van der Waals surface area contributed by atoms with E-state index in [2.05, 4.69) is 56.1 Å². The Labute approximate surface area is 140 Å². The van der Waals surface area contributed by atoms with Crippen LogP contribution in [0.15, 0.2) is 46.9 Å². The molecule has 2 nitrogen and oxygen atoms in total. The van der Waals surface area contributed by atoms with Gasteiger partial charge in [0, 0.05) is 13.1 Å². The van der Waals surface area contributed by atoms with Crippen molar-refractivity contribution >= 4 is 50.1 Å². The molecule has 2 aromatic rings. The van der Waals surface area contributed by atoms with Crippen LogP contribution in [0.1, 0.15) is 17.2 Å². The smallest absolute Gasteiger partial charge is 0.0511 e. The van der Waals surface area contributed by atoms with Gasteiger partial charge in [-0.2, -0.15) is 0 Å². The molecule has 0 bridgehead atoms. The molecule has 0 aliphatic rings. The van der Waals surface area contributed by atoms with Crippen LogP contribution in [-0.4, -0.2) is 0 Å². The second kappa shape index (κ2) is 7.04. The molecule has 0 radical (unpaired) electrons. The van der Waals surface area contributed by atoms with Crippen molar-refractivity contribution in [1.82, 2.24) is 5.43 Å². The Kier molecular flexibility index (Phi) is 5.65. The van der Waals surface area contributed by atoms with Gasteiger partial charge in [-0.25, -0.2) is 0 Å². The first-order valence-corrected chi connectivity index (χ1v) is 8.01. The van der Waals surface area contributed by atoms with Crippen LogP contribution in [0, 0.1) is 3.57 Å². The molecule has 1 unspecified atom stereocenters. The largest absolute Gasteiger partial charge is 0.271 e. The summed E-state index contributed by atoms with van der Waals surface area (Å²) in [6.45, 7) is 0. The average Bonchev–Trinajstić information content (AvgIpc) is 2.41. The Morgan fingerprint density at radius 1 is 1.26 bits per heavy atom. The van der Waals surface area contributed by atoms with Crippen molar-refractivity contribution in [3.05, 3.63) is 66.7 Å². The first-order chi connectivity index (χ1) is 9.11. The summed E-state index contributed by atoms with van der Waals surface area (Å²) in [5, 5.41) is 0.771. The maximum atomic E-state index is 6.20. The van der Waals surface area contributed by atoms with E-state index in [1.54, 1.807) is 0 Å². The summed E-state index contributed by atoms with van der Waals surface area (Å²) < 4.78 is 2.22. The van der Waals surface area contributed by atoms with E-state index in [4.69, 9.17) is 17.4 Å². The molecule has 0 spiro atoms. The molecule has 0 heterocycles. The highest BCUT2D eigenvalue weighted by Crippen LogP contribution is 2.28.